The van der Waals surface area contributed by atoms with Gasteiger partial charge in [-0.25, -0.2) is 0 Å². The second-order valence-electron chi connectivity index (χ2n) is 10.7. The van der Waals surface area contributed by atoms with E-state index in [0.29, 0.717) is 23.7 Å². The summed E-state index contributed by atoms with van der Waals surface area (Å²) in [4.78, 5) is 18.3. The molecule has 0 saturated heterocycles. The van der Waals surface area contributed by atoms with Crippen LogP contribution in [0.2, 0.25) is 0 Å². The molecule has 6 aliphatic carbocycles. The van der Waals surface area contributed by atoms with E-state index in [1.54, 1.807) is 19.6 Å². The van der Waals surface area contributed by atoms with Crippen LogP contribution in [0.1, 0.15) is 25.7 Å². The molecule has 4 aliphatic heterocycles. The first kappa shape index (κ1) is 23.5. The van der Waals surface area contributed by atoms with Crippen molar-refractivity contribution in [2.45, 2.75) is 64.8 Å². The molecule has 0 N–H and O–H groups in total. The monoisotopic (exact) mass is 636 g/mol. The summed E-state index contributed by atoms with van der Waals surface area (Å²) in [6.07, 6.45) is 15.2. The predicted molar refractivity (Wildman–Crippen MR) is 172 cm³/mol. The molecule has 0 spiro atoms. The van der Waals surface area contributed by atoms with E-state index in [-0.39, 0.29) is 0 Å². The van der Waals surface area contributed by atoms with E-state index >= 15 is 0 Å². The summed E-state index contributed by atoms with van der Waals surface area (Å²) in [6.45, 7) is 0. The Bertz CT molecular complexity index is 1420. The van der Waals surface area contributed by atoms with Crippen molar-refractivity contribution < 1.29 is 0 Å². The van der Waals surface area contributed by atoms with Gasteiger partial charge in [0.2, 0.25) is 0 Å². The van der Waals surface area contributed by atoms with Crippen molar-refractivity contribution in [1.82, 2.24) is 0 Å². The van der Waals surface area contributed by atoms with Crippen LogP contribution in [-0.2, 0) is 0 Å². The summed E-state index contributed by atoms with van der Waals surface area (Å²) in [6, 6.07) is 9.97. The zero-order valence-electron chi connectivity index (χ0n) is 20.0. The highest BCUT2D eigenvalue weighted by Gasteiger charge is 2.38. The van der Waals surface area contributed by atoms with Gasteiger partial charge in [-0.15, -0.1) is 0 Å². The molecule has 0 aromatic heterocycles. The van der Waals surface area contributed by atoms with Gasteiger partial charge in [0.1, 0.15) is 0 Å². The maximum Gasteiger partial charge on any atom is 0.0706 e. The number of allylic oxidation sites excluding steroid dienone is 8. The molecule has 4 bridgehead atoms. The highest BCUT2D eigenvalue weighted by molar-refractivity contribution is 8.30. The third-order valence-corrected chi connectivity index (χ3v) is 19.7. The normalized spacial score (nSPS) is 30.9. The van der Waals surface area contributed by atoms with Crippen LogP contribution >= 0.6 is 94.1 Å². The number of fused-ring (bicyclic) bond motifs is 6. The summed E-state index contributed by atoms with van der Waals surface area (Å²) in [7, 11) is 0. The van der Waals surface area contributed by atoms with Crippen LogP contribution < -0.4 is 0 Å². The van der Waals surface area contributed by atoms with Gasteiger partial charge >= 0.3 is 0 Å². The van der Waals surface area contributed by atoms with E-state index in [4.69, 9.17) is 0 Å². The van der Waals surface area contributed by atoms with Crippen molar-refractivity contribution in [3.05, 3.63) is 76.7 Å². The fourth-order valence-electron chi connectivity index (χ4n) is 6.51. The quantitative estimate of drug-likeness (QED) is 0.259. The maximum absolute atomic E-state index is 2.49. The highest BCUT2D eigenvalue weighted by atomic mass is 32.2. The fraction of sp³-hybridized carbons (Fsp3) is 0.267. The zero-order valence-corrected chi connectivity index (χ0v) is 26.6. The minimum atomic E-state index is 0.660. The first-order chi connectivity index (χ1) is 18.7. The lowest BCUT2D eigenvalue weighted by Crippen LogP contribution is -2.20. The first-order valence-corrected chi connectivity index (χ1v) is 19.6. The van der Waals surface area contributed by atoms with Gasteiger partial charge in [-0.2, -0.15) is 0 Å². The Morgan fingerprint density at radius 2 is 0.579 bits per heavy atom. The lowest BCUT2D eigenvalue weighted by molar-refractivity contribution is 0.516. The largest absolute Gasteiger partial charge is 0.0918 e. The van der Waals surface area contributed by atoms with Crippen molar-refractivity contribution in [3.8, 4) is 0 Å². The van der Waals surface area contributed by atoms with Crippen molar-refractivity contribution in [2.75, 3.05) is 0 Å². The van der Waals surface area contributed by atoms with Crippen LogP contribution in [0.5, 0.6) is 0 Å². The van der Waals surface area contributed by atoms with Gasteiger partial charge in [-0.05, 0) is 49.9 Å². The van der Waals surface area contributed by atoms with E-state index in [0.717, 1.165) is 0 Å². The molecule has 4 unspecified atom stereocenters. The summed E-state index contributed by atoms with van der Waals surface area (Å²) in [5, 5.41) is 0. The van der Waals surface area contributed by atoms with Gasteiger partial charge in [0.05, 0.1) is 8.47 Å². The minimum Gasteiger partial charge on any atom is -0.0918 e. The SMILES string of the molecule is C1=CC2CCC1C1=C2Sc2cc3c(cc2S1)SC(=C1Sc2cc4c(cc2S1)SC1=C(S4)C2C=CC1CC2)S3. The summed E-state index contributed by atoms with van der Waals surface area (Å²) < 4.78 is 2.95. The topological polar surface area (TPSA) is 0 Å². The van der Waals surface area contributed by atoms with Crippen molar-refractivity contribution in [2.24, 2.45) is 23.7 Å². The van der Waals surface area contributed by atoms with Gasteiger partial charge < -0.3 is 0 Å². The molecule has 188 valence electrons. The molecule has 2 aromatic rings. The van der Waals surface area contributed by atoms with Crippen LogP contribution in [0.25, 0.3) is 0 Å². The average molecular weight is 637 g/mol. The Hall–Kier alpha value is -0.0600. The Morgan fingerprint density at radius 1 is 0.342 bits per heavy atom. The van der Waals surface area contributed by atoms with Crippen LogP contribution in [0.4, 0.5) is 0 Å². The molecule has 0 fully saturated rings. The second kappa shape index (κ2) is 8.73. The van der Waals surface area contributed by atoms with E-state index in [1.807, 2.05) is 47.0 Å². The van der Waals surface area contributed by atoms with Gasteiger partial charge in [0.25, 0.3) is 0 Å². The summed E-state index contributed by atoms with van der Waals surface area (Å²) >= 11 is 16.3. The molecule has 4 heterocycles. The van der Waals surface area contributed by atoms with E-state index in [2.05, 4.69) is 95.6 Å². The number of rotatable bonds is 0. The third-order valence-electron chi connectivity index (χ3n) is 8.44. The second-order valence-corrected chi connectivity index (χ2v) is 19.8. The lowest BCUT2D eigenvalue weighted by Gasteiger charge is -2.38. The molecule has 0 radical (unpaired) electrons. The van der Waals surface area contributed by atoms with Crippen molar-refractivity contribution >= 4 is 94.1 Å². The standard InChI is InChI=1S/C30H20S8/c1-2-14-4-3-13(1)25-26(14)32-18-10-22-21(9-17(18)31-25)35-29(36-22)30-37-23-11-19-20(12-24(23)38-30)34-28-16-6-5-15(7-8-16)27(28)33-19/h1-2,5-6,9-16H,3-4,7-8H2. The Labute approximate surface area is 257 Å². The van der Waals surface area contributed by atoms with E-state index in [9.17, 15) is 0 Å². The summed E-state index contributed by atoms with van der Waals surface area (Å²) in [5.74, 6) is 2.64. The van der Waals surface area contributed by atoms with Gasteiger partial charge in [0, 0.05) is 82.5 Å². The van der Waals surface area contributed by atoms with E-state index < -0.39 is 0 Å². The molecule has 38 heavy (non-hydrogen) atoms. The van der Waals surface area contributed by atoms with E-state index in [1.165, 1.54) is 73.3 Å². The van der Waals surface area contributed by atoms with Crippen molar-refractivity contribution in [1.29, 1.82) is 0 Å². The molecule has 10 aliphatic rings. The molecule has 4 atom stereocenters. The third kappa shape index (κ3) is 3.50. The van der Waals surface area contributed by atoms with Crippen LogP contribution in [-0.4, -0.2) is 0 Å². The highest BCUT2D eigenvalue weighted by Crippen LogP contribution is 2.66. The first-order valence-electron chi connectivity index (χ1n) is 13.1. The van der Waals surface area contributed by atoms with Crippen molar-refractivity contribution in [3.63, 3.8) is 0 Å². The number of thioether (sulfide) groups is 8. The van der Waals surface area contributed by atoms with Crippen LogP contribution in [0.3, 0.4) is 0 Å². The van der Waals surface area contributed by atoms with Gasteiger partial charge in [0.15, 0.2) is 0 Å². The average Bonchev–Trinajstić information content (AvgIpc) is 3.57. The molecule has 0 amide bonds. The molecule has 0 nitrogen and oxygen atoms in total. The van der Waals surface area contributed by atoms with Gasteiger partial charge in [-0.1, -0.05) is 118 Å². The van der Waals surface area contributed by atoms with Gasteiger partial charge in [-0.3, -0.25) is 0 Å². The molecule has 0 saturated carbocycles. The predicted octanol–water partition coefficient (Wildman–Crippen LogP) is 11.9. The lowest BCUT2D eigenvalue weighted by atomic mass is 9.81. The zero-order chi connectivity index (χ0) is 24.5. The molecular formula is C30H20S8. The molecule has 12 rings (SSSR count). The Balaban J connectivity index is 0.932. The minimum absolute atomic E-state index is 0.660. The number of benzene rings is 2. The maximum atomic E-state index is 2.49. The Kier molecular flexibility index (Phi) is 5.40. The molecular weight excluding hydrogens is 617 g/mol. The van der Waals surface area contributed by atoms with Crippen LogP contribution in [0.15, 0.2) is 116 Å². The number of hydrogen-bond acceptors (Lipinski definition) is 8. The summed E-state index contributed by atoms with van der Waals surface area (Å²) in [5.41, 5.74) is 0. The molecule has 2 aromatic carbocycles. The smallest absolute Gasteiger partial charge is 0.0706 e. The van der Waals surface area contributed by atoms with Crippen LogP contribution in [0, 0.1) is 23.7 Å². The molecule has 8 heteroatoms. The fourth-order valence-corrected chi connectivity index (χ4v) is 17.9. The Morgan fingerprint density at radius 3 is 0.816 bits per heavy atom. The number of hydrogen-bond donors (Lipinski definition) is 0.